The van der Waals surface area contributed by atoms with E-state index in [0.29, 0.717) is 6.04 Å². The van der Waals surface area contributed by atoms with Crippen molar-refractivity contribution in [2.45, 2.75) is 38.6 Å². The molecule has 1 N–H and O–H groups in total. The van der Waals surface area contributed by atoms with E-state index in [9.17, 15) is 0 Å². The fourth-order valence-electron chi connectivity index (χ4n) is 2.09. The molecule has 0 aromatic heterocycles. The van der Waals surface area contributed by atoms with Crippen LogP contribution in [0, 0.1) is 5.92 Å². The van der Waals surface area contributed by atoms with E-state index in [1.165, 1.54) is 24.8 Å². The molecule has 1 aromatic carbocycles. The fourth-order valence-corrected chi connectivity index (χ4v) is 2.29. The SMILES string of the molecule is CCC(NCCC1CC1)c1cccc(Cl)c1. The molecule has 0 radical (unpaired) electrons. The summed E-state index contributed by atoms with van der Waals surface area (Å²) in [5.41, 5.74) is 1.31. The summed E-state index contributed by atoms with van der Waals surface area (Å²) in [7, 11) is 0. The van der Waals surface area contributed by atoms with Gasteiger partial charge in [0.05, 0.1) is 0 Å². The Morgan fingerprint density at radius 2 is 2.25 bits per heavy atom. The van der Waals surface area contributed by atoms with Crippen molar-refractivity contribution in [1.29, 1.82) is 0 Å². The Morgan fingerprint density at radius 3 is 2.88 bits per heavy atom. The van der Waals surface area contributed by atoms with Gasteiger partial charge in [0, 0.05) is 11.1 Å². The molecule has 1 saturated carbocycles. The lowest BCUT2D eigenvalue weighted by atomic mass is 10.0. The molecule has 1 nitrogen and oxygen atoms in total. The number of rotatable bonds is 6. The number of nitrogens with one attached hydrogen (secondary N) is 1. The van der Waals surface area contributed by atoms with Crippen LogP contribution in [0.1, 0.15) is 44.2 Å². The summed E-state index contributed by atoms with van der Waals surface area (Å²) >= 11 is 6.01. The lowest BCUT2D eigenvalue weighted by molar-refractivity contribution is 0.498. The van der Waals surface area contributed by atoms with E-state index in [-0.39, 0.29) is 0 Å². The van der Waals surface area contributed by atoms with Gasteiger partial charge in [0.15, 0.2) is 0 Å². The van der Waals surface area contributed by atoms with Gasteiger partial charge in [-0.1, -0.05) is 43.5 Å². The highest BCUT2D eigenvalue weighted by atomic mass is 35.5. The van der Waals surface area contributed by atoms with E-state index >= 15 is 0 Å². The van der Waals surface area contributed by atoms with Crippen LogP contribution in [0.5, 0.6) is 0 Å². The van der Waals surface area contributed by atoms with E-state index in [1.807, 2.05) is 12.1 Å². The molecule has 0 aliphatic heterocycles. The highest BCUT2D eigenvalue weighted by molar-refractivity contribution is 6.30. The van der Waals surface area contributed by atoms with Crippen molar-refractivity contribution in [1.82, 2.24) is 5.32 Å². The maximum atomic E-state index is 6.01. The van der Waals surface area contributed by atoms with Crippen molar-refractivity contribution in [2.24, 2.45) is 5.92 Å². The minimum atomic E-state index is 0.456. The summed E-state index contributed by atoms with van der Waals surface area (Å²) in [5.74, 6) is 1.00. The third kappa shape index (κ3) is 3.50. The number of halogens is 1. The average Bonchev–Trinajstić information content (AvgIpc) is 3.08. The second-order valence-electron chi connectivity index (χ2n) is 4.70. The summed E-state index contributed by atoms with van der Waals surface area (Å²) < 4.78 is 0. The Kier molecular flexibility index (Phi) is 4.25. The van der Waals surface area contributed by atoms with Gasteiger partial charge in [-0.05, 0) is 43.0 Å². The van der Waals surface area contributed by atoms with E-state index in [4.69, 9.17) is 11.6 Å². The van der Waals surface area contributed by atoms with Gasteiger partial charge in [-0.15, -0.1) is 0 Å². The first-order valence-corrected chi connectivity index (χ1v) is 6.66. The quantitative estimate of drug-likeness (QED) is 0.783. The van der Waals surface area contributed by atoms with E-state index in [2.05, 4.69) is 24.4 Å². The molecular formula is C14H20ClN. The van der Waals surface area contributed by atoms with Crippen LogP contribution in [0.15, 0.2) is 24.3 Å². The molecule has 0 amide bonds. The largest absolute Gasteiger partial charge is 0.310 e. The Balaban J connectivity index is 1.87. The molecule has 2 rings (SSSR count). The first-order valence-electron chi connectivity index (χ1n) is 6.28. The van der Waals surface area contributed by atoms with Crippen molar-refractivity contribution in [3.63, 3.8) is 0 Å². The zero-order valence-corrected chi connectivity index (χ0v) is 10.6. The van der Waals surface area contributed by atoms with Gasteiger partial charge >= 0.3 is 0 Å². The summed E-state index contributed by atoms with van der Waals surface area (Å²) in [6.45, 7) is 3.35. The minimum absolute atomic E-state index is 0.456. The molecule has 0 bridgehead atoms. The Hall–Kier alpha value is -0.530. The molecule has 1 aliphatic rings. The molecule has 88 valence electrons. The maximum absolute atomic E-state index is 6.01. The topological polar surface area (TPSA) is 12.0 Å². The number of benzene rings is 1. The normalized spacial score (nSPS) is 17.4. The third-order valence-electron chi connectivity index (χ3n) is 3.30. The van der Waals surface area contributed by atoms with Gasteiger partial charge in [0.2, 0.25) is 0 Å². The van der Waals surface area contributed by atoms with Crippen molar-refractivity contribution in [3.05, 3.63) is 34.9 Å². The van der Waals surface area contributed by atoms with E-state index in [0.717, 1.165) is 23.9 Å². The standard InChI is InChI=1S/C14H20ClN/c1-2-14(16-9-8-11-6-7-11)12-4-3-5-13(15)10-12/h3-5,10-11,14,16H,2,6-9H2,1H3. The molecule has 16 heavy (non-hydrogen) atoms. The minimum Gasteiger partial charge on any atom is -0.310 e. The Morgan fingerprint density at radius 1 is 1.44 bits per heavy atom. The predicted molar refractivity (Wildman–Crippen MR) is 69.8 cm³/mol. The van der Waals surface area contributed by atoms with Crippen LogP contribution < -0.4 is 5.32 Å². The van der Waals surface area contributed by atoms with Gasteiger partial charge in [-0.2, -0.15) is 0 Å². The van der Waals surface area contributed by atoms with Crippen molar-refractivity contribution in [2.75, 3.05) is 6.54 Å². The first-order chi connectivity index (χ1) is 7.79. The summed E-state index contributed by atoms with van der Waals surface area (Å²) in [6.07, 6.45) is 5.33. The van der Waals surface area contributed by atoms with Crippen molar-refractivity contribution >= 4 is 11.6 Å². The molecular weight excluding hydrogens is 218 g/mol. The molecule has 1 aliphatic carbocycles. The van der Waals surface area contributed by atoms with Gasteiger partial charge in [0.1, 0.15) is 0 Å². The zero-order valence-electron chi connectivity index (χ0n) is 9.88. The lowest BCUT2D eigenvalue weighted by Crippen LogP contribution is -2.22. The zero-order chi connectivity index (χ0) is 11.4. The van der Waals surface area contributed by atoms with E-state index in [1.54, 1.807) is 0 Å². The Labute approximate surface area is 103 Å². The molecule has 0 spiro atoms. The van der Waals surface area contributed by atoms with Crippen LogP contribution in [-0.2, 0) is 0 Å². The second kappa shape index (κ2) is 5.70. The molecule has 0 saturated heterocycles. The lowest BCUT2D eigenvalue weighted by Gasteiger charge is -2.17. The molecule has 0 heterocycles. The third-order valence-corrected chi connectivity index (χ3v) is 3.53. The van der Waals surface area contributed by atoms with Crippen molar-refractivity contribution in [3.8, 4) is 0 Å². The molecule has 1 unspecified atom stereocenters. The van der Waals surface area contributed by atoms with Crippen LogP contribution in [-0.4, -0.2) is 6.54 Å². The van der Waals surface area contributed by atoms with E-state index < -0.39 is 0 Å². The average molecular weight is 238 g/mol. The highest BCUT2D eigenvalue weighted by Crippen LogP contribution is 2.32. The number of hydrogen-bond donors (Lipinski definition) is 1. The highest BCUT2D eigenvalue weighted by Gasteiger charge is 2.20. The molecule has 1 aromatic rings. The summed E-state index contributed by atoms with van der Waals surface area (Å²) in [5, 5.41) is 4.46. The molecule has 2 heteroatoms. The van der Waals surface area contributed by atoms with Gasteiger partial charge in [0.25, 0.3) is 0 Å². The van der Waals surface area contributed by atoms with Crippen LogP contribution in [0.25, 0.3) is 0 Å². The smallest absolute Gasteiger partial charge is 0.0409 e. The maximum Gasteiger partial charge on any atom is 0.0409 e. The van der Waals surface area contributed by atoms with Crippen LogP contribution in [0.4, 0.5) is 0 Å². The van der Waals surface area contributed by atoms with Gasteiger partial charge in [-0.25, -0.2) is 0 Å². The summed E-state index contributed by atoms with van der Waals surface area (Å²) in [6, 6.07) is 8.65. The fraction of sp³-hybridized carbons (Fsp3) is 0.571. The summed E-state index contributed by atoms with van der Waals surface area (Å²) in [4.78, 5) is 0. The monoisotopic (exact) mass is 237 g/mol. The first kappa shape index (κ1) is 11.9. The van der Waals surface area contributed by atoms with Crippen LogP contribution >= 0.6 is 11.6 Å². The number of hydrogen-bond acceptors (Lipinski definition) is 1. The molecule has 1 atom stereocenters. The van der Waals surface area contributed by atoms with Crippen molar-refractivity contribution < 1.29 is 0 Å². The van der Waals surface area contributed by atoms with Gasteiger partial charge < -0.3 is 5.32 Å². The second-order valence-corrected chi connectivity index (χ2v) is 5.14. The predicted octanol–water partition coefficient (Wildman–Crippen LogP) is 4.18. The molecule has 1 fully saturated rings. The van der Waals surface area contributed by atoms with Gasteiger partial charge in [-0.3, -0.25) is 0 Å². The van der Waals surface area contributed by atoms with Crippen LogP contribution in [0.3, 0.4) is 0 Å². The van der Waals surface area contributed by atoms with Crippen LogP contribution in [0.2, 0.25) is 5.02 Å². The Bertz CT molecular complexity index is 333.